The third-order valence-corrected chi connectivity index (χ3v) is 4.38. The maximum Gasteiger partial charge on any atom is 0.246 e. The van der Waals surface area contributed by atoms with E-state index in [4.69, 9.17) is 4.74 Å². The molecule has 7 heteroatoms. The molecule has 1 aromatic heterocycles. The van der Waals surface area contributed by atoms with Crippen LogP contribution in [0.2, 0.25) is 0 Å². The van der Waals surface area contributed by atoms with Gasteiger partial charge in [-0.25, -0.2) is 4.98 Å². The van der Waals surface area contributed by atoms with Crippen molar-refractivity contribution < 1.29 is 14.3 Å². The van der Waals surface area contributed by atoms with Crippen LogP contribution in [0.5, 0.6) is 0 Å². The fourth-order valence-corrected chi connectivity index (χ4v) is 3.02. The number of carbonyl (C=O) groups excluding carboxylic acids is 2. The molecule has 0 bridgehead atoms. The van der Waals surface area contributed by atoms with Crippen LogP contribution >= 0.6 is 0 Å². The smallest absolute Gasteiger partial charge is 0.246 e. The number of amides is 2. The molecule has 0 aliphatic carbocycles. The number of H-pyrrole nitrogens is 1. The minimum Gasteiger partial charge on any atom is -0.379 e. The number of hydrogen-bond donors (Lipinski definition) is 1. The van der Waals surface area contributed by atoms with Crippen molar-refractivity contribution in [2.75, 3.05) is 27.7 Å². The minimum absolute atomic E-state index is 0.0294. The van der Waals surface area contributed by atoms with Gasteiger partial charge in [-0.05, 0) is 25.3 Å². The topological polar surface area (TPSA) is 78.5 Å². The van der Waals surface area contributed by atoms with Gasteiger partial charge in [0.1, 0.15) is 0 Å². The number of imidazole rings is 1. The van der Waals surface area contributed by atoms with Crippen molar-refractivity contribution in [3.63, 3.8) is 0 Å². The maximum atomic E-state index is 12.6. The minimum atomic E-state index is -0.0773. The highest BCUT2D eigenvalue weighted by Gasteiger charge is 2.33. The van der Waals surface area contributed by atoms with Crippen molar-refractivity contribution in [2.45, 2.75) is 37.8 Å². The summed E-state index contributed by atoms with van der Waals surface area (Å²) in [6, 6.07) is -0.0773. The molecule has 2 rings (SSSR count). The van der Waals surface area contributed by atoms with Crippen LogP contribution in [0, 0.1) is 0 Å². The van der Waals surface area contributed by atoms with Crippen LogP contribution in [0.15, 0.2) is 18.6 Å². The summed E-state index contributed by atoms with van der Waals surface area (Å²) in [5.41, 5.74) is 0.781. The lowest BCUT2D eigenvalue weighted by molar-refractivity contribution is -0.137. The lowest BCUT2D eigenvalue weighted by atomic mass is 9.94. The first-order chi connectivity index (χ1) is 11.5. The first-order valence-electron chi connectivity index (χ1n) is 8.23. The number of piperidine rings is 1. The predicted molar refractivity (Wildman–Crippen MR) is 91.1 cm³/mol. The molecule has 0 unspecified atom stereocenters. The van der Waals surface area contributed by atoms with Gasteiger partial charge in [-0.15, -0.1) is 0 Å². The lowest BCUT2D eigenvalue weighted by Crippen LogP contribution is -2.51. The number of rotatable bonds is 6. The fourth-order valence-electron chi connectivity index (χ4n) is 3.02. The molecule has 0 saturated carbocycles. The van der Waals surface area contributed by atoms with Crippen molar-refractivity contribution >= 4 is 17.9 Å². The zero-order valence-electron chi connectivity index (χ0n) is 14.6. The molecular weight excluding hydrogens is 308 g/mol. The summed E-state index contributed by atoms with van der Waals surface area (Å²) in [5, 5.41) is 0. The highest BCUT2D eigenvalue weighted by molar-refractivity contribution is 5.91. The van der Waals surface area contributed by atoms with Gasteiger partial charge in [0.25, 0.3) is 0 Å². The number of carbonyl (C=O) groups is 2. The molecule has 2 amide bonds. The number of ether oxygens (including phenoxy) is 1. The predicted octanol–water partition coefficient (Wildman–Crippen LogP) is 1.30. The van der Waals surface area contributed by atoms with Gasteiger partial charge in [0.15, 0.2) is 0 Å². The molecule has 24 heavy (non-hydrogen) atoms. The molecule has 0 aromatic carbocycles. The Morgan fingerprint density at radius 2 is 2.29 bits per heavy atom. The Kier molecular flexibility index (Phi) is 6.54. The van der Waals surface area contributed by atoms with Gasteiger partial charge in [0, 0.05) is 40.2 Å². The quantitative estimate of drug-likeness (QED) is 0.795. The zero-order valence-corrected chi connectivity index (χ0v) is 14.6. The van der Waals surface area contributed by atoms with E-state index < -0.39 is 0 Å². The molecule has 7 nitrogen and oxygen atoms in total. The summed E-state index contributed by atoms with van der Waals surface area (Å²) in [7, 11) is 5.15. The van der Waals surface area contributed by atoms with Crippen molar-refractivity contribution in [1.82, 2.24) is 19.8 Å². The summed E-state index contributed by atoms with van der Waals surface area (Å²) < 4.78 is 5.57. The molecule has 1 saturated heterocycles. The van der Waals surface area contributed by atoms with E-state index >= 15 is 0 Å². The Balaban J connectivity index is 2.05. The molecule has 1 N–H and O–H groups in total. The van der Waals surface area contributed by atoms with Gasteiger partial charge >= 0.3 is 0 Å². The van der Waals surface area contributed by atoms with Crippen molar-refractivity contribution in [2.24, 2.45) is 0 Å². The average Bonchev–Trinajstić information content (AvgIpc) is 3.10. The van der Waals surface area contributed by atoms with Crippen LogP contribution < -0.4 is 0 Å². The molecule has 132 valence electrons. The largest absolute Gasteiger partial charge is 0.379 e. The Bertz CT molecular complexity index is 568. The Morgan fingerprint density at radius 1 is 1.50 bits per heavy atom. The molecule has 1 aliphatic heterocycles. The van der Waals surface area contributed by atoms with Gasteiger partial charge < -0.3 is 19.5 Å². The highest BCUT2D eigenvalue weighted by Crippen LogP contribution is 2.24. The summed E-state index contributed by atoms with van der Waals surface area (Å²) in [6.07, 6.45) is 9.29. The maximum absolute atomic E-state index is 12.6. The van der Waals surface area contributed by atoms with Gasteiger partial charge in [-0.2, -0.15) is 0 Å². The van der Waals surface area contributed by atoms with E-state index in [1.165, 1.54) is 0 Å². The molecular formula is C17H26N4O3. The molecule has 1 aliphatic rings. The van der Waals surface area contributed by atoms with Gasteiger partial charge in [0.05, 0.1) is 30.4 Å². The molecule has 1 fully saturated rings. The molecule has 2 atom stereocenters. The second-order valence-electron chi connectivity index (χ2n) is 6.18. The standard InChI is InChI=1S/C17H26N4O3/c1-20(2)16(22)9-7-14-15(24-3)5-4-10-21(14)17(23)8-6-13-11-18-12-19-13/h6,8,11-12,14-15H,4-5,7,9-10H2,1-3H3,(H,18,19)/b8-6+/t14-,15-/m0/s1. The van der Waals surface area contributed by atoms with Gasteiger partial charge in [-0.1, -0.05) is 0 Å². The molecule has 2 heterocycles. The third kappa shape index (κ3) is 4.67. The van der Waals surface area contributed by atoms with E-state index in [-0.39, 0.29) is 24.0 Å². The van der Waals surface area contributed by atoms with E-state index in [0.717, 1.165) is 18.5 Å². The molecule has 0 spiro atoms. The Morgan fingerprint density at radius 3 is 2.92 bits per heavy atom. The SMILES string of the molecule is CO[C@H]1CCCN(C(=O)/C=C/c2cnc[nH]2)[C@H]1CCC(=O)N(C)C. The first-order valence-corrected chi connectivity index (χ1v) is 8.23. The number of aromatic amines is 1. The number of nitrogens with zero attached hydrogens (tertiary/aromatic N) is 3. The van der Waals surface area contributed by atoms with Crippen LogP contribution in [0.1, 0.15) is 31.4 Å². The van der Waals surface area contributed by atoms with Crippen LogP contribution in [0.25, 0.3) is 6.08 Å². The fraction of sp³-hybridized carbons (Fsp3) is 0.588. The van der Waals surface area contributed by atoms with Crippen LogP contribution in [-0.4, -0.2) is 71.5 Å². The van der Waals surface area contributed by atoms with E-state index in [9.17, 15) is 9.59 Å². The number of nitrogens with one attached hydrogen (secondary N) is 1. The van der Waals surface area contributed by atoms with Gasteiger partial charge in [0.2, 0.25) is 11.8 Å². The number of likely N-dealkylation sites (tertiary alicyclic amines) is 1. The normalized spacial score (nSPS) is 21.2. The van der Waals surface area contributed by atoms with E-state index in [0.29, 0.717) is 19.4 Å². The summed E-state index contributed by atoms with van der Waals surface area (Å²) in [5.74, 6) is 0.00415. The van der Waals surface area contributed by atoms with Crippen molar-refractivity contribution in [3.05, 3.63) is 24.3 Å². The van der Waals surface area contributed by atoms with E-state index in [1.54, 1.807) is 50.8 Å². The van der Waals surface area contributed by atoms with Crippen molar-refractivity contribution in [1.29, 1.82) is 0 Å². The Hall–Kier alpha value is -2.15. The number of aromatic nitrogens is 2. The second-order valence-corrected chi connectivity index (χ2v) is 6.18. The molecule has 1 aromatic rings. The number of hydrogen-bond acceptors (Lipinski definition) is 4. The van der Waals surface area contributed by atoms with Crippen molar-refractivity contribution in [3.8, 4) is 0 Å². The molecule has 0 radical (unpaired) electrons. The van der Waals surface area contributed by atoms with Gasteiger partial charge in [-0.3, -0.25) is 9.59 Å². The highest BCUT2D eigenvalue weighted by atomic mass is 16.5. The first kappa shape index (κ1) is 18.2. The summed E-state index contributed by atoms with van der Waals surface area (Å²) >= 11 is 0. The van der Waals surface area contributed by atoms with E-state index in [2.05, 4.69) is 9.97 Å². The average molecular weight is 334 g/mol. The zero-order chi connectivity index (χ0) is 17.5. The lowest BCUT2D eigenvalue weighted by Gasteiger charge is -2.40. The summed E-state index contributed by atoms with van der Waals surface area (Å²) in [4.78, 5) is 34.8. The van der Waals surface area contributed by atoms with Crippen LogP contribution in [0.4, 0.5) is 0 Å². The third-order valence-electron chi connectivity index (χ3n) is 4.38. The summed E-state index contributed by atoms with van der Waals surface area (Å²) in [6.45, 7) is 0.687. The van der Waals surface area contributed by atoms with Crippen LogP contribution in [0.3, 0.4) is 0 Å². The number of methoxy groups -OCH3 is 1. The monoisotopic (exact) mass is 334 g/mol. The van der Waals surface area contributed by atoms with E-state index in [1.807, 2.05) is 4.90 Å². The second kappa shape index (κ2) is 8.63. The van der Waals surface area contributed by atoms with Crippen LogP contribution in [-0.2, 0) is 14.3 Å². The Labute approximate surface area is 142 Å².